The Bertz CT molecular complexity index is 842. The zero-order valence-corrected chi connectivity index (χ0v) is 16.6. The Labute approximate surface area is 162 Å². The lowest BCUT2D eigenvalue weighted by Gasteiger charge is -2.24. The van der Waals surface area contributed by atoms with E-state index < -0.39 is 0 Å². The molecular weight excluding hydrogens is 330 g/mol. The van der Waals surface area contributed by atoms with E-state index in [9.17, 15) is 0 Å². The predicted molar refractivity (Wildman–Crippen MR) is 116 cm³/mol. The van der Waals surface area contributed by atoms with Crippen LogP contribution in [-0.2, 0) is 0 Å². The van der Waals surface area contributed by atoms with Crippen molar-refractivity contribution in [3.05, 3.63) is 48.5 Å². The van der Waals surface area contributed by atoms with E-state index in [2.05, 4.69) is 72.6 Å². The number of fused-ring (bicyclic) bond motifs is 2. The molecule has 0 saturated heterocycles. The van der Waals surface area contributed by atoms with Crippen LogP contribution in [0.25, 0.3) is 21.8 Å². The SMILES string of the molecule is CCN(CC)CCCC(Nc1c2ccccc2nc2ccccc12)C1CC1. The van der Waals surface area contributed by atoms with E-state index in [-0.39, 0.29) is 0 Å². The summed E-state index contributed by atoms with van der Waals surface area (Å²) in [7, 11) is 0. The largest absolute Gasteiger partial charge is 0.381 e. The third-order valence-corrected chi connectivity index (χ3v) is 5.99. The van der Waals surface area contributed by atoms with E-state index in [4.69, 9.17) is 4.98 Å². The Hall–Kier alpha value is -2.13. The summed E-state index contributed by atoms with van der Waals surface area (Å²) in [5.74, 6) is 0.826. The maximum Gasteiger partial charge on any atom is 0.0730 e. The van der Waals surface area contributed by atoms with Crippen molar-refractivity contribution in [3.63, 3.8) is 0 Å². The molecule has 1 fully saturated rings. The smallest absolute Gasteiger partial charge is 0.0730 e. The van der Waals surface area contributed by atoms with Gasteiger partial charge in [-0.2, -0.15) is 0 Å². The lowest BCUT2D eigenvalue weighted by atomic mass is 10.0. The van der Waals surface area contributed by atoms with E-state index in [0.717, 1.165) is 30.0 Å². The van der Waals surface area contributed by atoms with E-state index in [0.29, 0.717) is 6.04 Å². The first-order chi connectivity index (χ1) is 13.3. The lowest BCUT2D eigenvalue weighted by molar-refractivity contribution is 0.292. The van der Waals surface area contributed by atoms with Crippen molar-refractivity contribution in [3.8, 4) is 0 Å². The first kappa shape index (κ1) is 18.2. The zero-order valence-electron chi connectivity index (χ0n) is 16.6. The zero-order chi connectivity index (χ0) is 18.6. The molecule has 1 aromatic heterocycles. The average Bonchev–Trinajstić information content (AvgIpc) is 3.55. The minimum atomic E-state index is 0.565. The van der Waals surface area contributed by atoms with Crippen molar-refractivity contribution >= 4 is 27.5 Å². The summed E-state index contributed by atoms with van der Waals surface area (Å²) in [6.07, 6.45) is 5.23. The van der Waals surface area contributed by atoms with Crippen LogP contribution < -0.4 is 5.32 Å². The molecule has 1 aliphatic rings. The summed E-state index contributed by atoms with van der Waals surface area (Å²) in [6, 6.07) is 17.6. The molecule has 2 aromatic carbocycles. The Morgan fingerprint density at radius 3 is 2.11 bits per heavy atom. The van der Waals surface area contributed by atoms with E-state index in [1.165, 1.54) is 48.7 Å². The molecular formula is C24H31N3. The summed E-state index contributed by atoms with van der Waals surface area (Å²) in [5, 5.41) is 6.46. The molecule has 3 heteroatoms. The van der Waals surface area contributed by atoms with Crippen LogP contribution in [0.1, 0.15) is 39.5 Å². The molecule has 0 amide bonds. The highest BCUT2D eigenvalue weighted by molar-refractivity contribution is 6.07. The van der Waals surface area contributed by atoms with Gasteiger partial charge in [-0.15, -0.1) is 0 Å². The summed E-state index contributed by atoms with van der Waals surface area (Å²) in [4.78, 5) is 7.40. The molecule has 3 nitrogen and oxygen atoms in total. The monoisotopic (exact) mass is 361 g/mol. The van der Waals surface area contributed by atoms with Crippen LogP contribution in [0.2, 0.25) is 0 Å². The first-order valence-electron chi connectivity index (χ1n) is 10.6. The van der Waals surface area contributed by atoms with E-state index >= 15 is 0 Å². The second-order valence-electron chi connectivity index (χ2n) is 7.78. The number of rotatable bonds is 9. The summed E-state index contributed by atoms with van der Waals surface area (Å²) < 4.78 is 0. The minimum Gasteiger partial charge on any atom is -0.381 e. The highest BCUT2D eigenvalue weighted by Crippen LogP contribution is 2.39. The summed E-state index contributed by atoms with van der Waals surface area (Å²) in [5.41, 5.74) is 3.43. The molecule has 4 rings (SSSR count). The maximum absolute atomic E-state index is 4.87. The highest BCUT2D eigenvalue weighted by Gasteiger charge is 2.31. The van der Waals surface area contributed by atoms with Crippen LogP contribution in [0.5, 0.6) is 0 Å². The third kappa shape index (κ3) is 4.08. The number of anilines is 1. The van der Waals surface area contributed by atoms with Gasteiger partial charge in [0.2, 0.25) is 0 Å². The Kier molecular flexibility index (Phi) is 5.58. The van der Waals surface area contributed by atoms with Crippen LogP contribution in [-0.4, -0.2) is 35.6 Å². The fourth-order valence-corrected chi connectivity index (χ4v) is 4.18. The number of hydrogen-bond acceptors (Lipinski definition) is 3. The molecule has 1 saturated carbocycles. The van der Waals surface area contributed by atoms with Crippen LogP contribution >= 0.6 is 0 Å². The molecule has 0 spiro atoms. The van der Waals surface area contributed by atoms with Crippen molar-refractivity contribution in [2.75, 3.05) is 25.0 Å². The molecule has 1 aliphatic carbocycles. The van der Waals surface area contributed by atoms with Crippen molar-refractivity contribution in [1.29, 1.82) is 0 Å². The van der Waals surface area contributed by atoms with Crippen molar-refractivity contribution in [2.45, 2.75) is 45.6 Å². The molecule has 1 unspecified atom stereocenters. The Morgan fingerprint density at radius 2 is 1.56 bits per heavy atom. The number of nitrogens with one attached hydrogen (secondary N) is 1. The van der Waals surface area contributed by atoms with Gasteiger partial charge in [0.15, 0.2) is 0 Å². The molecule has 3 aromatic rings. The number of pyridine rings is 1. The Balaban J connectivity index is 1.61. The standard InChI is InChI=1S/C24H31N3/c1-3-27(4-2)17-9-14-21(18-15-16-18)26-24-19-10-5-7-12-22(19)25-23-13-8-6-11-20(23)24/h5-8,10-13,18,21H,3-4,9,14-17H2,1-2H3,(H,25,26). The first-order valence-corrected chi connectivity index (χ1v) is 10.6. The van der Waals surface area contributed by atoms with Crippen LogP contribution in [0, 0.1) is 5.92 Å². The fourth-order valence-electron chi connectivity index (χ4n) is 4.18. The fraction of sp³-hybridized carbons (Fsp3) is 0.458. The Morgan fingerprint density at radius 1 is 0.963 bits per heavy atom. The maximum atomic E-state index is 4.87. The molecule has 0 radical (unpaired) electrons. The minimum absolute atomic E-state index is 0.565. The second-order valence-corrected chi connectivity index (χ2v) is 7.78. The third-order valence-electron chi connectivity index (χ3n) is 5.99. The molecule has 27 heavy (non-hydrogen) atoms. The van der Waals surface area contributed by atoms with Gasteiger partial charge in [-0.3, -0.25) is 0 Å². The number of benzene rings is 2. The van der Waals surface area contributed by atoms with Gasteiger partial charge < -0.3 is 10.2 Å². The van der Waals surface area contributed by atoms with Crippen molar-refractivity contribution in [1.82, 2.24) is 9.88 Å². The van der Waals surface area contributed by atoms with Gasteiger partial charge in [0.05, 0.1) is 16.7 Å². The van der Waals surface area contributed by atoms with Gasteiger partial charge in [-0.25, -0.2) is 4.98 Å². The quantitative estimate of drug-likeness (QED) is 0.495. The molecule has 0 aliphatic heterocycles. The highest BCUT2D eigenvalue weighted by atomic mass is 15.1. The van der Waals surface area contributed by atoms with Crippen molar-refractivity contribution < 1.29 is 0 Å². The number of nitrogens with zero attached hydrogens (tertiary/aromatic N) is 2. The molecule has 1 heterocycles. The van der Waals surface area contributed by atoms with Gasteiger partial charge >= 0.3 is 0 Å². The van der Waals surface area contributed by atoms with E-state index in [1.807, 2.05) is 0 Å². The van der Waals surface area contributed by atoms with Crippen LogP contribution in [0.15, 0.2) is 48.5 Å². The van der Waals surface area contributed by atoms with Gasteiger partial charge in [0.25, 0.3) is 0 Å². The summed E-state index contributed by atoms with van der Waals surface area (Å²) >= 11 is 0. The molecule has 142 valence electrons. The van der Waals surface area contributed by atoms with Gasteiger partial charge in [-0.05, 0) is 63.4 Å². The van der Waals surface area contributed by atoms with Gasteiger partial charge in [0.1, 0.15) is 0 Å². The lowest BCUT2D eigenvalue weighted by Crippen LogP contribution is -2.27. The van der Waals surface area contributed by atoms with Crippen LogP contribution in [0.3, 0.4) is 0 Å². The second kappa shape index (κ2) is 8.26. The van der Waals surface area contributed by atoms with E-state index in [1.54, 1.807) is 0 Å². The normalized spacial score (nSPS) is 15.5. The molecule has 1 N–H and O–H groups in total. The van der Waals surface area contributed by atoms with Gasteiger partial charge in [-0.1, -0.05) is 50.2 Å². The number of hydrogen-bond donors (Lipinski definition) is 1. The van der Waals surface area contributed by atoms with Crippen molar-refractivity contribution in [2.24, 2.45) is 5.92 Å². The topological polar surface area (TPSA) is 28.2 Å². The summed E-state index contributed by atoms with van der Waals surface area (Å²) in [6.45, 7) is 8.02. The molecule has 0 bridgehead atoms. The predicted octanol–water partition coefficient (Wildman–Crippen LogP) is 5.70. The average molecular weight is 362 g/mol. The number of aromatic nitrogens is 1. The van der Waals surface area contributed by atoms with Gasteiger partial charge in [0, 0.05) is 16.8 Å². The van der Waals surface area contributed by atoms with Crippen LogP contribution in [0.4, 0.5) is 5.69 Å². The molecule has 1 atom stereocenters. The number of para-hydroxylation sites is 2.